The Balaban J connectivity index is 2.03. The Hall–Kier alpha value is -1.96. The number of benzene rings is 1. The molecule has 0 bridgehead atoms. The largest absolute Gasteiger partial charge is 0.326 e. The topological polar surface area (TPSA) is 78.5 Å². The molecule has 1 aliphatic heterocycles. The lowest BCUT2D eigenvalue weighted by Crippen LogP contribution is -2.39. The van der Waals surface area contributed by atoms with Crippen molar-refractivity contribution in [2.24, 2.45) is 5.92 Å². The van der Waals surface area contributed by atoms with E-state index in [0.717, 1.165) is 4.90 Å². The smallest absolute Gasteiger partial charge is 0.325 e. The van der Waals surface area contributed by atoms with Crippen LogP contribution in [0.3, 0.4) is 0 Å². The lowest BCUT2D eigenvalue weighted by molar-refractivity contribution is -0.131. The SMILES string of the molecule is CC(C)C1NC(=O)N(CC(=O)Nc2ccc(Br)cc2F)C1=O. The van der Waals surface area contributed by atoms with Gasteiger partial charge in [0.1, 0.15) is 18.4 Å². The van der Waals surface area contributed by atoms with E-state index in [0.29, 0.717) is 4.47 Å². The van der Waals surface area contributed by atoms with E-state index in [1.807, 2.05) is 0 Å². The van der Waals surface area contributed by atoms with Gasteiger partial charge in [-0.15, -0.1) is 0 Å². The summed E-state index contributed by atoms with van der Waals surface area (Å²) in [4.78, 5) is 36.5. The van der Waals surface area contributed by atoms with E-state index < -0.39 is 36.2 Å². The normalized spacial score (nSPS) is 17.9. The third kappa shape index (κ3) is 3.44. The molecule has 0 saturated carbocycles. The highest BCUT2D eigenvalue weighted by molar-refractivity contribution is 9.10. The number of urea groups is 1. The van der Waals surface area contributed by atoms with Crippen molar-refractivity contribution < 1.29 is 18.8 Å². The highest BCUT2D eigenvalue weighted by atomic mass is 79.9. The third-order valence-corrected chi connectivity index (χ3v) is 3.72. The summed E-state index contributed by atoms with van der Waals surface area (Å²) >= 11 is 3.11. The molecule has 0 aliphatic carbocycles. The lowest BCUT2D eigenvalue weighted by atomic mass is 10.1. The molecule has 0 aromatic heterocycles. The van der Waals surface area contributed by atoms with E-state index in [1.165, 1.54) is 12.1 Å². The predicted molar refractivity (Wildman–Crippen MR) is 81.6 cm³/mol. The maximum atomic E-state index is 13.6. The molecule has 1 aromatic rings. The maximum Gasteiger partial charge on any atom is 0.325 e. The first-order valence-electron chi connectivity index (χ1n) is 6.66. The first-order chi connectivity index (χ1) is 10.3. The summed E-state index contributed by atoms with van der Waals surface area (Å²) in [5, 5.41) is 4.86. The summed E-state index contributed by atoms with van der Waals surface area (Å²) in [5.74, 6) is -1.78. The van der Waals surface area contributed by atoms with Gasteiger partial charge in [-0.25, -0.2) is 9.18 Å². The van der Waals surface area contributed by atoms with Gasteiger partial charge in [0, 0.05) is 4.47 Å². The molecule has 8 heteroatoms. The second-order valence-corrected chi connectivity index (χ2v) is 6.18. The van der Waals surface area contributed by atoms with Crippen molar-refractivity contribution in [3.8, 4) is 0 Å². The van der Waals surface area contributed by atoms with Crippen LogP contribution in [0.2, 0.25) is 0 Å². The minimum Gasteiger partial charge on any atom is -0.326 e. The molecular formula is C14H15BrFN3O3. The van der Waals surface area contributed by atoms with Crippen LogP contribution < -0.4 is 10.6 Å². The molecule has 0 spiro atoms. The zero-order valence-electron chi connectivity index (χ0n) is 12.0. The molecule has 2 rings (SSSR count). The van der Waals surface area contributed by atoms with Crippen LogP contribution in [0.5, 0.6) is 0 Å². The van der Waals surface area contributed by atoms with Crippen molar-refractivity contribution >= 4 is 39.5 Å². The van der Waals surface area contributed by atoms with E-state index in [2.05, 4.69) is 26.6 Å². The van der Waals surface area contributed by atoms with Crippen molar-refractivity contribution in [1.29, 1.82) is 0 Å². The van der Waals surface area contributed by atoms with Gasteiger partial charge in [-0.1, -0.05) is 29.8 Å². The Labute approximate surface area is 135 Å². The van der Waals surface area contributed by atoms with E-state index in [4.69, 9.17) is 0 Å². The number of halogens is 2. The van der Waals surface area contributed by atoms with Crippen molar-refractivity contribution in [3.05, 3.63) is 28.5 Å². The molecule has 6 nitrogen and oxygen atoms in total. The van der Waals surface area contributed by atoms with Gasteiger partial charge in [0.05, 0.1) is 5.69 Å². The third-order valence-electron chi connectivity index (χ3n) is 3.23. The predicted octanol–water partition coefficient (Wildman–Crippen LogP) is 2.10. The Bertz CT molecular complexity index is 636. The average Bonchev–Trinajstić information content (AvgIpc) is 2.70. The van der Waals surface area contributed by atoms with Gasteiger partial charge in [-0.3, -0.25) is 14.5 Å². The number of rotatable bonds is 4. The summed E-state index contributed by atoms with van der Waals surface area (Å²) in [6.45, 7) is 3.14. The fraction of sp³-hybridized carbons (Fsp3) is 0.357. The van der Waals surface area contributed by atoms with Crippen LogP contribution in [0, 0.1) is 11.7 Å². The zero-order valence-corrected chi connectivity index (χ0v) is 13.6. The van der Waals surface area contributed by atoms with E-state index in [1.54, 1.807) is 19.9 Å². The Morgan fingerprint density at radius 3 is 2.68 bits per heavy atom. The van der Waals surface area contributed by atoms with E-state index >= 15 is 0 Å². The van der Waals surface area contributed by atoms with Crippen LogP contribution in [-0.4, -0.2) is 35.3 Å². The van der Waals surface area contributed by atoms with Gasteiger partial charge in [0.25, 0.3) is 5.91 Å². The number of nitrogens with one attached hydrogen (secondary N) is 2. The van der Waals surface area contributed by atoms with Crippen LogP contribution >= 0.6 is 15.9 Å². The second-order valence-electron chi connectivity index (χ2n) is 5.27. The second kappa shape index (κ2) is 6.43. The van der Waals surface area contributed by atoms with Gasteiger partial charge in [0.15, 0.2) is 0 Å². The summed E-state index contributed by atoms with van der Waals surface area (Å²) in [7, 11) is 0. The van der Waals surface area contributed by atoms with Crippen molar-refractivity contribution in [1.82, 2.24) is 10.2 Å². The molecule has 118 valence electrons. The first kappa shape index (κ1) is 16.4. The fourth-order valence-corrected chi connectivity index (χ4v) is 2.40. The van der Waals surface area contributed by atoms with Crippen LogP contribution in [0.25, 0.3) is 0 Å². The lowest BCUT2D eigenvalue weighted by Gasteiger charge is -2.14. The van der Waals surface area contributed by atoms with Crippen molar-refractivity contribution in [2.45, 2.75) is 19.9 Å². The van der Waals surface area contributed by atoms with Gasteiger partial charge in [-0.2, -0.15) is 0 Å². The standard InChI is InChI=1S/C14H15BrFN3O3/c1-7(2)12-13(21)19(14(22)18-12)6-11(20)17-10-4-3-8(15)5-9(10)16/h3-5,7,12H,6H2,1-2H3,(H,17,20)(H,18,22). The number of carbonyl (C=O) groups is 3. The molecule has 1 aromatic carbocycles. The maximum absolute atomic E-state index is 13.6. The number of anilines is 1. The Morgan fingerprint density at radius 2 is 2.14 bits per heavy atom. The Kier molecular flexibility index (Phi) is 4.80. The molecular weight excluding hydrogens is 357 g/mol. The summed E-state index contributed by atoms with van der Waals surface area (Å²) in [5.41, 5.74) is -0.0133. The number of imide groups is 1. The molecule has 1 unspecified atom stereocenters. The summed E-state index contributed by atoms with van der Waals surface area (Å²) in [6.07, 6.45) is 0. The molecule has 1 saturated heterocycles. The van der Waals surface area contributed by atoms with Gasteiger partial charge in [-0.05, 0) is 24.1 Å². The van der Waals surface area contributed by atoms with Crippen LogP contribution in [0.1, 0.15) is 13.8 Å². The molecule has 1 atom stereocenters. The Morgan fingerprint density at radius 1 is 1.45 bits per heavy atom. The number of hydrogen-bond acceptors (Lipinski definition) is 3. The minimum absolute atomic E-state index is 0.0133. The minimum atomic E-state index is -0.644. The monoisotopic (exact) mass is 371 g/mol. The number of amides is 4. The average molecular weight is 372 g/mol. The highest BCUT2D eigenvalue weighted by Crippen LogP contribution is 2.19. The quantitative estimate of drug-likeness (QED) is 0.795. The van der Waals surface area contributed by atoms with Crippen LogP contribution in [0.4, 0.5) is 14.9 Å². The number of carbonyl (C=O) groups excluding carboxylic acids is 3. The molecule has 22 heavy (non-hydrogen) atoms. The molecule has 1 fully saturated rings. The zero-order chi connectivity index (χ0) is 16.4. The van der Waals surface area contributed by atoms with E-state index in [9.17, 15) is 18.8 Å². The summed E-state index contributed by atoms with van der Waals surface area (Å²) in [6, 6.07) is 2.92. The van der Waals surface area contributed by atoms with Crippen molar-refractivity contribution in [2.75, 3.05) is 11.9 Å². The summed E-state index contributed by atoms with van der Waals surface area (Å²) < 4.78 is 14.2. The van der Waals surface area contributed by atoms with Gasteiger partial charge in [0.2, 0.25) is 5.91 Å². The van der Waals surface area contributed by atoms with Gasteiger partial charge >= 0.3 is 6.03 Å². The molecule has 4 amide bonds. The van der Waals surface area contributed by atoms with Crippen LogP contribution in [0.15, 0.2) is 22.7 Å². The highest BCUT2D eigenvalue weighted by Gasteiger charge is 2.40. The number of nitrogens with zero attached hydrogens (tertiary/aromatic N) is 1. The van der Waals surface area contributed by atoms with Crippen molar-refractivity contribution in [3.63, 3.8) is 0 Å². The molecule has 1 aliphatic rings. The van der Waals surface area contributed by atoms with Gasteiger partial charge < -0.3 is 10.6 Å². The molecule has 2 N–H and O–H groups in total. The molecule has 1 heterocycles. The van der Waals surface area contributed by atoms with E-state index in [-0.39, 0.29) is 11.6 Å². The molecule has 0 radical (unpaired) electrons. The fourth-order valence-electron chi connectivity index (χ4n) is 2.07. The van der Waals surface area contributed by atoms with Crippen LogP contribution in [-0.2, 0) is 9.59 Å². The first-order valence-corrected chi connectivity index (χ1v) is 7.45. The number of hydrogen-bond donors (Lipinski definition) is 2.